The van der Waals surface area contributed by atoms with Gasteiger partial charge in [0.2, 0.25) is 0 Å². The Balaban J connectivity index is 2.28. The van der Waals surface area contributed by atoms with Crippen LogP contribution in [0, 0.1) is 12.8 Å². The van der Waals surface area contributed by atoms with Crippen molar-refractivity contribution >= 4 is 0 Å². The van der Waals surface area contributed by atoms with E-state index in [0.717, 1.165) is 19.6 Å². The Labute approximate surface area is 118 Å². The summed E-state index contributed by atoms with van der Waals surface area (Å²) in [4.78, 5) is 0. The lowest BCUT2D eigenvalue weighted by molar-refractivity contribution is 0.530. The third kappa shape index (κ3) is 6.76. The van der Waals surface area contributed by atoms with Gasteiger partial charge in [-0.25, -0.2) is 0 Å². The number of nitrogens with zero attached hydrogens (tertiary/aromatic N) is 2. The largest absolute Gasteiger partial charge is 0.312 e. The average Bonchev–Trinajstić information content (AvgIpc) is 2.69. The molecule has 3 heteroatoms. The van der Waals surface area contributed by atoms with Crippen molar-refractivity contribution in [1.29, 1.82) is 0 Å². The minimum Gasteiger partial charge on any atom is -0.312 e. The molecule has 1 rings (SSSR count). The Morgan fingerprint density at radius 3 is 2.63 bits per heavy atom. The van der Waals surface area contributed by atoms with Crippen LogP contribution in [-0.4, -0.2) is 16.3 Å². The van der Waals surface area contributed by atoms with Gasteiger partial charge in [-0.3, -0.25) is 4.68 Å². The van der Waals surface area contributed by atoms with Gasteiger partial charge in [-0.1, -0.05) is 46.5 Å². The Bertz CT molecular complexity index is 342. The summed E-state index contributed by atoms with van der Waals surface area (Å²) in [5, 5.41) is 8.09. The van der Waals surface area contributed by atoms with Crippen molar-refractivity contribution in [3.8, 4) is 0 Å². The van der Waals surface area contributed by atoms with E-state index in [-0.39, 0.29) is 0 Å². The fourth-order valence-electron chi connectivity index (χ4n) is 2.22. The monoisotopic (exact) mass is 265 g/mol. The van der Waals surface area contributed by atoms with Crippen molar-refractivity contribution in [2.24, 2.45) is 5.92 Å². The second-order valence-corrected chi connectivity index (χ2v) is 5.94. The van der Waals surface area contributed by atoms with Crippen LogP contribution in [0.1, 0.15) is 64.1 Å². The first-order valence-corrected chi connectivity index (χ1v) is 7.87. The van der Waals surface area contributed by atoms with E-state index in [1.54, 1.807) is 0 Å². The molecule has 0 fully saturated rings. The van der Waals surface area contributed by atoms with Crippen LogP contribution in [0.2, 0.25) is 0 Å². The molecule has 0 aliphatic rings. The van der Waals surface area contributed by atoms with Crippen molar-refractivity contribution in [3.05, 3.63) is 17.5 Å². The molecule has 0 amide bonds. The van der Waals surface area contributed by atoms with Crippen LogP contribution in [-0.2, 0) is 13.1 Å². The standard InChI is InChI=1S/C16H31N3/c1-5-6-7-8-9-10-19-13-16(15(4)18-19)12-17-11-14(2)3/h13-14,17H,5-12H2,1-4H3. The van der Waals surface area contributed by atoms with Gasteiger partial charge in [0, 0.05) is 24.8 Å². The Morgan fingerprint density at radius 2 is 1.95 bits per heavy atom. The van der Waals surface area contributed by atoms with Crippen LogP contribution in [0.25, 0.3) is 0 Å². The summed E-state index contributed by atoms with van der Waals surface area (Å²) in [7, 11) is 0. The lowest BCUT2D eigenvalue weighted by Crippen LogP contribution is -2.19. The van der Waals surface area contributed by atoms with Gasteiger partial charge in [0.05, 0.1) is 5.69 Å². The SMILES string of the molecule is CCCCCCCn1cc(CNCC(C)C)c(C)n1. The molecule has 110 valence electrons. The molecule has 0 spiro atoms. The fraction of sp³-hybridized carbons (Fsp3) is 0.812. The predicted octanol–water partition coefficient (Wildman–Crippen LogP) is 3.91. The van der Waals surface area contributed by atoms with Crippen LogP contribution in [0.3, 0.4) is 0 Å². The molecule has 3 nitrogen and oxygen atoms in total. The Hall–Kier alpha value is -0.830. The van der Waals surface area contributed by atoms with Gasteiger partial charge < -0.3 is 5.32 Å². The van der Waals surface area contributed by atoms with E-state index in [9.17, 15) is 0 Å². The summed E-state index contributed by atoms with van der Waals surface area (Å²) < 4.78 is 2.12. The molecule has 0 radical (unpaired) electrons. The van der Waals surface area contributed by atoms with Crippen LogP contribution in [0.15, 0.2) is 6.20 Å². The number of hydrogen-bond donors (Lipinski definition) is 1. The van der Waals surface area contributed by atoms with Gasteiger partial charge in [0.1, 0.15) is 0 Å². The van der Waals surface area contributed by atoms with Crippen LogP contribution in [0.4, 0.5) is 0 Å². The molecule has 1 aromatic heterocycles. The molecule has 0 saturated carbocycles. The molecule has 0 bridgehead atoms. The molecule has 0 atom stereocenters. The molecule has 0 aliphatic heterocycles. The fourth-order valence-corrected chi connectivity index (χ4v) is 2.22. The normalized spacial score (nSPS) is 11.4. The molecular weight excluding hydrogens is 234 g/mol. The Kier molecular flexibility index (Phi) is 7.80. The molecule has 1 N–H and O–H groups in total. The zero-order chi connectivity index (χ0) is 14.1. The molecule has 1 heterocycles. The third-order valence-electron chi connectivity index (χ3n) is 3.41. The molecule has 0 unspecified atom stereocenters. The number of aryl methyl sites for hydroxylation is 2. The minimum atomic E-state index is 0.703. The van der Waals surface area contributed by atoms with Crippen molar-refractivity contribution in [3.63, 3.8) is 0 Å². The van der Waals surface area contributed by atoms with Crippen LogP contribution < -0.4 is 5.32 Å². The van der Waals surface area contributed by atoms with Crippen molar-refractivity contribution in [1.82, 2.24) is 15.1 Å². The highest BCUT2D eigenvalue weighted by molar-refractivity contribution is 5.14. The van der Waals surface area contributed by atoms with E-state index in [0.29, 0.717) is 5.92 Å². The van der Waals surface area contributed by atoms with Gasteiger partial charge in [0.15, 0.2) is 0 Å². The summed E-state index contributed by atoms with van der Waals surface area (Å²) in [5.74, 6) is 0.703. The highest BCUT2D eigenvalue weighted by Gasteiger charge is 2.04. The minimum absolute atomic E-state index is 0.703. The van der Waals surface area contributed by atoms with Crippen LogP contribution in [0.5, 0.6) is 0 Å². The molecule has 0 aromatic carbocycles. The second kappa shape index (κ2) is 9.13. The summed E-state index contributed by atoms with van der Waals surface area (Å²) >= 11 is 0. The van der Waals surface area contributed by atoms with Gasteiger partial charge >= 0.3 is 0 Å². The van der Waals surface area contributed by atoms with Crippen LogP contribution >= 0.6 is 0 Å². The van der Waals surface area contributed by atoms with E-state index in [1.165, 1.54) is 43.4 Å². The molecular formula is C16H31N3. The van der Waals surface area contributed by atoms with E-state index in [2.05, 4.69) is 49.0 Å². The summed E-state index contributed by atoms with van der Waals surface area (Å²) in [6.45, 7) is 11.9. The average molecular weight is 265 g/mol. The first-order chi connectivity index (χ1) is 9.13. The smallest absolute Gasteiger partial charge is 0.0638 e. The number of rotatable bonds is 10. The molecule has 0 saturated heterocycles. The van der Waals surface area contributed by atoms with E-state index in [1.807, 2.05) is 0 Å². The van der Waals surface area contributed by atoms with Crippen molar-refractivity contribution < 1.29 is 0 Å². The quantitative estimate of drug-likeness (QED) is 0.650. The first-order valence-electron chi connectivity index (χ1n) is 7.87. The maximum Gasteiger partial charge on any atom is 0.0638 e. The maximum absolute atomic E-state index is 4.60. The topological polar surface area (TPSA) is 29.9 Å². The van der Waals surface area contributed by atoms with E-state index < -0.39 is 0 Å². The summed E-state index contributed by atoms with van der Waals surface area (Å²) in [6, 6.07) is 0. The number of hydrogen-bond acceptors (Lipinski definition) is 2. The van der Waals surface area contributed by atoms with Gasteiger partial charge in [-0.05, 0) is 25.8 Å². The second-order valence-electron chi connectivity index (χ2n) is 5.94. The molecule has 19 heavy (non-hydrogen) atoms. The number of nitrogens with one attached hydrogen (secondary N) is 1. The first kappa shape index (κ1) is 16.2. The van der Waals surface area contributed by atoms with Crippen molar-refractivity contribution in [2.75, 3.05) is 6.54 Å². The summed E-state index contributed by atoms with van der Waals surface area (Å²) in [6.07, 6.45) is 8.82. The lowest BCUT2D eigenvalue weighted by atomic mass is 10.1. The van der Waals surface area contributed by atoms with Gasteiger partial charge in [-0.2, -0.15) is 5.10 Å². The summed E-state index contributed by atoms with van der Waals surface area (Å²) in [5.41, 5.74) is 2.51. The maximum atomic E-state index is 4.60. The third-order valence-corrected chi connectivity index (χ3v) is 3.41. The van der Waals surface area contributed by atoms with Crippen molar-refractivity contribution in [2.45, 2.75) is 72.9 Å². The highest BCUT2D eigenvalue weighted by Crippen LogP contribution is 2.08. The Morgan fingerprint density at radius 1 is 1.21 bits per heavy atom. The van der Waals surface area contributed by atoms with E-state index >= 15 is 0 Å². The van der Waals surface area contributed by atoms with Gasteiger partial charge in [0.25, 0.3) is 0 Å². The van der Waals surface area contributed by atoms with Gasteiger partial charge in [-0.15, -0.1) is 0 Å². The highest BCUT2D eigenvalue weighted by atomic mass is 15.3. The zero-order valence-corrected chi connectivity index (χ0v) is 13.2. The number of aromatic nitrogens is 2. The zero-order valence-electron chi connectivity index (χ0n) is 13.2. The van der Waals surface area contributed by atoms with E-state index in [4.69, 9.17) is 0 Å². The number of unbranched alkanes of at least 4 members (excludes halogenated alkanes) is 4. The molecule has 0 aliphatic carbocycles. The predicted molar refractivity (Wildman–Crippen MR) is 82.3 cm³/mol. The molecule has 1 aromatic rings. The lowest BCUT2D eigenvalue weighted by Gasteiger charge is -2.05.